The molecule has 0 radical (unpaired) electrons. The largest absolute Gasteiger partial charge is 0.485 e. The number of halogens is 1. The number of anilines is 1. The Morgan fingerprint density at radius 3 is 2.83 bits per heavy atom. The van der Waals surface area contributed by atoms with Gasteiger partial charge >= 0.3 is 6.03 Å². The molecule has 0 saturated carbocycles. The Morgan fingerprint density at radius 2 is 2.03 bits per heavy atom. The molecule has 8 nitrogen and oxygen atoms in total. The lowest BCUT2D eigenvalue weighted by molar-refractivity contribution is 0.215. The van der Waals surface area contributed by atoms with E-state index in [2.05, 4.69) is 20.8 Å². The number of benzene rings is 2. The summed E-state index contributed by atoms with van der Waals surface area (Å²) in [5, 5.41) is 9.96. The van der Waals surface area contributed by atoms with E-state index in [1.807, 2.05) is 24.3 Å². The minimum Gasteiger partial charge on any atom is -0.485 e. The molecule has 0 atom stereocenters. The van der Waals surface area contributed by atoms with Gasteiger partial charge in [-0.25, -0.2) is 9.18 Å². The van der Waals surface area contributed by atoms with Gasteiger partial charge in [-0.2, -0.15) is 4.98 Å². The first-order valence-electron chi connectivity index (χ1n) is 9.22. The topological polar surface area (TPSA) is 92.5 Å². The molecule has 150 valence electrons. The molecule has 4 rings (SSSR count). The van der Waals surface area contributed by atoms with Crippen molar-refractivity contribution in [1.29, 1.82) is 0 Å². The lowest BCUT2D eigenvalue weighted by Crippen LogP contribution is -2.27. The van der Waals surface area contributed by atoms with Gasteiger partial charge < -0.3 is 24.8 Å². The minimum absolute atomic E-state index is 0.0532. The van der Waals surface area contributed by atoms with E-state index in [-0.39, 0.29) is 18.5 Å². The molecule has 2 aromatic carbocycles. The van der Waals surface area contributed by atoms with Gasteiger partial charge in [-0.15, -0.1) is 0 Å². The Labute approximate surface area is 166 Å². The predicted molar refractivity (Wildman–Crippen MR) is 103 cm³/mol. The lowest BCUT2D eigenvalue weighted by Gasteiger charge is -2.17. The predicted octanol–water partition coefficient (Wildman–Crippen LogP) is 2.93. The first-order chi connectivity index (χ1) is 14.2. The van der Waals surface area contributed by atoms with Crippen LogP contribution in [0, 0.1) is 5.82 Å². The maximum absolute atomic E-state index is 12.9. The van der Waals surface area contributed by atoms with Crippen molar-refractivity contribution in [3.05, 3.63) is 71.6 Å². The van der Waals surface area contributed by atoms with Gasteiger partial charge in [0.2, 0.25) is 11.7 Å². The fraction of sp³-hybridized carbons (Fsp3) is 0.250. The monoisotopic (exact) mass is 397 g/mol. The second kappa shape index (κ2) is 8.59. The second-order valence-corrected chi connectivity index (χ2v) is 6.51. The Kier molecular flexibility index (Phi) is 5.55. The number of rotatable bonds is 8. The third-order valence-corrected chi connectivity index (χ3v) is 4.45. The molecule has 1 aliphatic rings. The van der Waals surface area contributed by atoms with Gasteiger partial charge in [0, 0.05) is 25.3 Å². The van der Waals surface area contributed by atoms with Gasteiger partial charge in [0.15, 0.2) is 6.61 Å². The summed E-state index contributed by atoms with van der Waals surface area (Å²) in [6.07, 6.45) is 0. The van der Waals surface area contributed by atoms with Crippen LogP contribution in [-0.2, 0) is 19.7 Å². The molecule has 3 aromatic rings. The number of nitrogens with zero attached hydrogens (tertiary/aromatic N) is 3. The Morgan fingerprint density at radius 1 is 1.21 bits per heavy atom. The van der Waals surface area contributed by atoms with Gasteiger partial charge in [0.1, 0.15) is 11.6 Å². The average Bonchev–Trinajstić information content (AvgIpc) is 3.36. The van der Waals surface area contributed by atoms with Crippen LogP contribution in [0.25, 0.3) is 0 Å². The van der Waals surface area contributed by atoms with Gasteiger partial charge in [0.05, 0.1) is 6.54 Å². The maximum atomic E-state index is 12.9. The highest BCUT2D eigenvalue weighted by Gasteiger charge is 2.20. The van der Waals surface area contributed by atoms with E-state index in [1.165, 1.54) is 24.3 Å². The minimum atomic E-state index is -0.323. The molecule has 0 unspecified atom stereocenters. The van der Waals surface area contributed by atoms with E-state index >= 15 is 0 Å². The third-order valence-electron chi connectivity index (χ3n) is 4.45. The molecule has 0 bridgehead atoms. The van der Waals surface area contributed by atoms with Crippen LogP contribution in [0.15, 0.2) is 53.1 Å². The van der Waals surface area contributed by atoms with Crippen LogP contribution in [0.2, 0.25) is 0 Å². The summed E-state index contributed by atoms with van der Waals surface area (Å²) in [6.45, 7) is 2.34. The van der Waals surface area contributed by atoms with Crippen molar-refractivity contribution >= 4 is 11.7 Å². The number of carbonyl (C=O) groups is 1. The maximum Gasteiger partial charge on any atom is 0.317 e. The SMILES string of the molecule is O=C1NCCN1Cc1ccccc1NCc1nc(COc2ccc(F)cc2)no1. The fourth-order valence-corrected chi connectivity index (χ4v) is 2.97. The van der Waals surface area contributed by atoms with Crippen molar-refractivity contribution in [3.8, 4) is 5.75 Å². The van der Waals surface area contributed by atoms with E-state index in [0.717, 1.165) is 11.3 Å². The summed E-state index contributed by atoms with van der Waals surface area (Å²) >= 11 is 0. The first-order valence-corrected chi connectivity index (χ1v) is 9.22. The Balaban J connectivity index is 1.33. The van der Waals surface area contributed by atoms with Gasteiger partial charge in [0.25, 0.3) is 0 Å². The van der Waals surface area contributed by atoms with E-state index in [9.17, 15) is 9.18 Å². The van der Waals surface area contributed by atoms with E-state index in [4.69, 9.17) is 9.26 Å². The summed E-state index contributed by atoms with van der Waals surface area (Å²) in [5.74, 6) is 1.01. The summed E-state index contributed by atoms with van der Waals surface area (Å²) in [4.78, 5) is 17.8. The van der Waals surface area contributed by atoms with E-state index < -0.39 is 0 Å². The molecular formula is C20H20FN5O3. The molecule has 2 N–H and O–H groups in total. The molecule has 9 heteroatoms. The van der Waals surface area contributed by atoms with Gasteiger partial charge in [-0.05, 0) is 35.9 Å². The number of ether oxygens (including phenoxy) is 1. The number of amides is 2. The van der Waals surface area contributed by atoms with Crippen LogP contribution in [0.1, 0.15) is 17.3 Å². The number of urea groups is 1. The van der Waals surface area contributed by atoms with Gasteiger partial charge in [-0.1, -0.05) is 23.4 Å². The highest BCUT2D eigenvalue weighted by atomic mass is 19.1. The van der Waals surface area contributed by atoms with Crippen LogP contribution in [0.3, 0.4) is 0 Å². The molecule has 1 aromatic heterocycles. The molecule has 2 heterocycles. The molecule has 0 aliphatic carbocycles. The zero-order valence-electron chi connectivity index (χ0n) is 15.6. The van der Waals surface area contributed by atoms with Crippen LogP contribution in [-0.4, -0.2) is 34.2 Å². The quantitative estimate of drug-likeness (QED) is 0.607. The lowest BCUT2D eigenvalue weighted by atomic mass is 10.1. The van der Waals surface area contributed by atoms with Crippen molar-refractivity contribution in [1.82, 2.24) is 20.4 Å². The number of aromatic nitrogens is 2. The Hall–Kier alpha value is -3.62. The third kappa shape index (κ3) is 4.81. The summed E-state index contributed by atoms with van der Waals surface area (Å²) < 4.78 is 23.7. The smallest absolute Gasteiger partial charge is 0.317 e. The molecule has 29 heavy (non-hydrogen) atoms. The molecule has 2 amide bonds. The fourth-order valence-electron chi connectivity index (χ4n) is 2.97. The number of hydrogen-bond donors (Lipinski definition) is 2. The molecule has 1 aliphatic heterocycles. The second-order valence-electron chi connectivity index (χ2n) is 6.51. The summed E-state index contributed by atoms with van der Waals surface area (Å²) in [7, 11) is 0. The number of carbonyl (C=O) groups excluding carboxylic acids is 1. The van der Waals surface area contributed by atoms with Crippen molar-refractivity contribution in [2.75, 3.05) is 18.4 Å². The number of hydrogen-bond acceptors (Lipinski definition) is 6. The number of para-hydroxylation sites is 1. The van der Waals surface area contributed by atoms with Crippen molar-refractivity contribution in [3.63, 3.8) is 0 Å². The summed E-state index contributed by atoms with van der Waals surface area (Å²) in [5.41, 5.74) is 1.90. The number of nitrogens with one attached hydrogen (secondary N) is 2. The zero-order chi connectivity index (χ0) is 20.1. The first kappa shape index (κ1) is 18.7. The Bertz CT molecular complexity index is 976. The molecular weight excluding hydrogens is 377 g/mol. The van der Waals surface area contributed by atoms with E-state index in [0.29, 0.717) is 43.6 Å². The standard InChI is InChI=1S/C20H20FN5O3/c21-15-5-7-16(8-6-15)28-13-18-24-19(29-25-18)11-23-17-4-2-1-3-14(17)12-26-10-9-22-20(26)27/h1-8,23H,9-13H2,(H,22,27). The van der Waals surface area contributed by atoms with Crippen LogP contribution >= 0.6 is 0 Å². The van der Waals surface area contributed by atoms with Crippen molar-refractivity contribution < 1.29 is 18.4 Å². The zero-order valence-corrected chi connectivity index (χ0v) is 15.6. The molecule has 0 spiro atoms. The molecule has 1 fully saturated rings. The highest BCUT2D eigenvalue weighted by molar-refractivity contribution is 5.76. The average molecular weight is 397 g/mol. The van der Waals surface area contributed by atoms with Gasteiger partial charge in [-0.3, -0.25) is 0 Å². The molecule has 1 saturated heterocycles. The van der Waals surface area contributed by atoms with Crippen molar-refractivity contribution in [2.45, 2.75) is 19.7 Å². The van der Waals surface area contributed by atoms with E-state index in [1.54, 1.807) is 4.90 Å². The van der Waals surface area contributed by atoms with Crippen LogP contribution < -0.4 is 15.4 Å². The normalized spacial score (nSPS) is 13.4. The van der Waals surface area contributed by atoms with Crippen LogP contribution in [0.4, 0.5) is 14.9 Å². The highest BCUT2D eigenvalue weighted by Crippen LogP contribution is 2.19. The van der Waals surface area contributed by atoms with Crippen molar-refractivity contribution in [2.24, 2.45) is 0 Å². The van der Waals surface area contributed by atoms with Crippen LogP contribution in [0.5, 0.6) is 5.75 Å². The summed E-state index contributed by atoms with van der Waals surface area (Å²) in [6, 6.07) is 13.4.